The third kappa shape index (κ3) is 4.58. The average molecular weight is 397 g/mol. The maximum Gasteiger partial charge on any atom is 0.325 e. The summed E-state index contributed by atoms with van der Waals surface area (Å²) in [6, 6.07) is 15.8. The smallest absolute Gasteiger partial charge is 0.325 e. The number of carbonyl (C=O) groups is 3. The van der Waals surface area contributed by atoms with E-state index in [-0.39, 0.29) is 28.8 Å². The van der Waals surface area contributed by atoms with E-state index in [1.165, 1.54) is 23.8 Å². The van der Waals surface area contributed by atoms with E-state index >= 15 is 0 Å². The summed E-state index contributed by atoms with van der Waals surface area (Å²) >= 11 is 1.19. The lowest BCUT2D eigenvalue weighted by atomic mass is 10.1. The van der Waals surface area contributed by atoms with Gasteiger partial charge in [-0.1, -0.05) is 42.1 Å². The molecule has 1 fully saturated rings. The fourth-order valence-corrected chi connectivity index (χ4v) is 3.67. The van der Waals surface area contributed by atoms with E-state index < -0.39 is 5.97 Å². The Hall–Kier alpha value is -3.13. The molecule has 0 saturated carbocycles. The van der Waals surface area contributed by atoms with E-state index in [2.05, 4.69) is 5.32 Å². The number of thioether (sulfide) groups is 1. The first kappa shape index (κ1) is 19.6. The predicted molar refractivity (Wildman–Crippen MR) is 108 cm³/mol. The highest BCUT2D eigenvalue weighted by Crippen LogP contribution is 2.23. The van der Waals surface area contributed by atoms with Crippen molar-refractivity contribution in [3.8, 4) is 0 Å². The Morgan fingerprint density at radius 3 is 2.39 bits per heavy atom. The van der Waals surface area contributed by atoms with Crippen LogP contribution < -0.4 is 10.2 Å². The van der Waals surface area contributed by atoms with Gasteiger partial charge in [0.15, 0.2) is 5.17 Å². The van der Waals surface area contributed by atoms with Crippen molar-refractivity contribution < 1.29 is 19.1 Å². The number of amidine groups is 1. The molecule has 2 amide bonds. The van der Waals surface area contributed by atoms with Crippen LogP contribution in [0.15, 0.2) is 54.6 Å². The van der Waals surface area contributed by atoms with Crippen molar-refractivity contribution in [3.63, 3.8) is 0 Å². The summed E-state index contributed by atoms with van der Waals surface area (Å²) < 4.78 is 4.71. The van der Waals surface area contributed by atoms with Crippen LogP contribution in [0.5, 0.6) is 0 Å². The van der Waals surface area contributed by atoms with E-state index in [1.807, 2.05) is 6.07 Å². The minimum absolute atomic E-state index is 0.156. The maximum absolute atomic E-state index is 13.0. The number of esters is 1. The quantitative estimate of drug-likeness (QED) is 0.728. The van der Waals surface area contributed by atoms with Crippen LogP contribution in [0.1, 0.15) is 15.9 Å². The van der Waals surface area contributed by atoms with Gasteiger partial charge in [-0.3, -0.25) is 24.7 Å². The van der Waals surface area contributed by atoms with E-state index in [9.17, 15) is 14.4 Å². The average Bonchev–Trinajstić information content (AvgIpc) is 3.03. The summed E-state index contributed by atoms with van der Waals surface area (Å²) in [4.78, 5) is 37.9. The first-order chi connectivity index (χ1) is 13.5. The van der Waals surface area contributed by atoms with E-state index in [1.54, 1.807) is 48.5 Å². The van der Waals surface area contributed by atoms with Crippen LogP contribution in [0.2, 0.25) is 0 Å². The number of anilines is 1. The number of hydrogen-bond donors (Lipinski definition) is 2. The highest BCUT2D eigenvalue weighted by atomic mass is 32.2. The molecule has 1 unspecified atom stereocenters. The van der Waals surface area contributed by atoms with Crippen molar-refractivity contribution in [3.05, 3.63) is 65.7 Å². The molecule has 8 heteroatoms. The van der Waals surface area contributed by atoms with E-state index in [0.717, 1.165) is 5.56 Å². The van der Waals surface area contributed by atoms with Crippen LogP contribution in [0, 0.1) is 5.41 Å². The number of methoxy groups -OCH3 is 1. The lowest BCUT2D eigenvalue weighted by Crippen LogP contribution is -2.36. The van der Waals surface area contributed by atoms with Gasteiger partial charge in [0.05, 0.1) is 12.4 Å². The molecule has 1 aliphatic rings. The van der Waals surface area contributed by atoms with Crippen molar-refractivity contribution in [2.24, 2.45) is 0 Å². The number of nitrogens with one attached hydrogen (secondary N) is 2. The van der Waals surface area contributed by atoms with Gasteiger partial charge in [0.2, 0.25) is 5.91 Å². The molecular weight excluding hydrogens is 378 g/mol. The Balaban J connectivity index is 1.76. The van der Waals surface area contributed by atoms with Crippen molar-refractivity contribution in [2.45, 2.75) is 11.7 Å². The number of nitrogens with zero attached hydrogens (tertiary/aromatic N) is 1. The van der Waals surface area contributed by atoms with Crippen LogP contribution in [0.3, 0.4) is 0 Å². The molecule has 2 aromatic rings. The minimum Gasteiger partial charge on any atom is -0.468 e. The zero-order chi connectivity index (χ0) is 20.1. The van der Waals surface area contributed by atoms with Crippen LogP contribution in [0.25, 0.3) is 0 Å². The fourth-order valence-electron chi connectivity index (χ4n) is 2.79. The fraction of sp³-hybridized carbons (Fsp3) is 0.200. The Labute approximate surface area is 166 Å². The number of hydrogen-bond acceptors (Lipinski definition) is 6. The Morgan fingerprint density at radius 1 is 1.14 bits per heavy atom. The molecule has 2 N–H and O–H groups in total. The normalized spacial score (nSPS) is 15.8. The third-order valence-electron chi connectivity index (χ3n) is 4.24. The molecule has 3 rings (SSSR count). The van der Waals surface area contributed by atoms with Gasteiger partial charge in [0.25, 0.3) is 5.91 Å². The Morgan fingerprint density at radius 2 is 1.82 bits per heavy atom. The lowest BCUT2D eigenvalue weighted by Gasteiger charge is -2.21. The van der Waals surface area contributed by atoms with Gasteiger partial charge in [-0.05, 0) is 36.2 Å². The summed E-state index contributed by atoms with van der Waals surface area (Å²) in [5, 5.41) is 9.80. The predicted octanol–water partition coefficient (Wildman–Crippen LogP) is 2.22. The summed E-state index contributed by atoms with van der Waals surface area (Å²) in [7, 11) is 1.28. The molecule has 2 aromatic carbocycles. The lowest BCUT2D eigenvalue weighted by molar-refractivity contribution is -0.138. The van der Waals surface area contributed by atoms with Crippen molar-refractivity contribution in [1.29, 1.82) is 5.41 Å². The van der Waals surface area contributed by atoms with Gasteiger partial charge in [-0.15, -0.1) is 0 Å². The first-order valence-corrected chi connectivity index (χ1v) is 9.44. The van der Waals surface area contributed by atoms with Crippen LogP contribution in [-0.2, 0) is 20.7 Å². The highest BCUT2D eigenvalue weighted by Gasteiger charge is 2.29. The zero-order valence-corrected chi connectivity index (χ0v) is 16.0. The molecule has 1 atom stereocenters. The second-order valence-electron chi connectivity index (χ2n) is 6.13. The summed E-state index contributed by atoms with van der Waals surface area (Å²) in [5.74, 6) is -1.01. The molecule has 28 heavy (non-hydrogen) atoms. The number of benzene rings is 2. The minimum atomic E-state index is -0.513. The monoisotopic (exact) mass is 397 g/mol. The Kier molecular flexibility index (Phi) is 6.10. The second-order valence-corrected chi connectivity index (χ2v) is 7.34. The number of carbonyl (C=O) groups excluding carboxylic acids is 3. The molecule has 0 radical (unpaired) electrons. The largest absolute Gasteiger partial charge is 0.468 e. The first-order valence-electron chi connectivity index (χ1n) is 8.56. The van der Waals surface area contributed by atoms with Gasteiger partial charge in [-0.25, -0.2) is 0 Å². The molecule has 1 aliphatic heterocycles. The summed E-state index contributed by atoms with van der Waals surface area (Å²) in [6.45, 7) is -0.192. The van der Waals surface area contributed by atoms with Crippen LogP contribution in [-0.4, -0.2) is 41.9 Å². The van der Waals surface area contributed by atoms with Crippen LogP contribution in [0.4, 0.5) is 5.69 Å². The number of rotatable bonds is 6. The van der Waals surface area contributed by atoms with Gasteiger partial charge in [0.1, 0.15) is 6.54 Å². The van der Waals surface area contributed by atoms with Crippen molar-refractivity contribution in [2.75, 3.05) is 18.6 Å². The zero-order valence-electron chi connectivity index (χ0n) is 15.2. The molecule has 144 valence electrons. The molecular formula is C20H19N3O4S. The number of para-hydroxylation sites is 1. The van der Waals surface area contributed by atoms with Crippen molar-refractivity contribution >= 4 is 40.4 Å². The number of amides is 2. The van der Waals surface area contributed by atoms with Gasteiger partial charge < -0.3 is 10.1 Å². The summed E-state index contributed by atoms with van der Waals surface area (Å²) in [6.07, 6.45) is 0.470. The van der Waals surface area contributed by atoms with E-state index in [4.69, 9.17) is 10.1 Å². The standard InChI is InChI=1S/C20H19N3O4S/c1-27-17(24)12-23(15-5-3-2-4-6-15)19(26)14-9-7-13(8-10-14)11-16-18(25)22-20(21)28-16/h2-10,16H,11-12H2,1H3,(H2,21,22,25). The highest BCUT2D eigenvalue weighted by molar-refractivity contribution is 8.15. The van der Waals surface area contributed by atoms with Gasteiger partial charge >= 0.3 is 5.97 Å². The molecule has 0 bridgehead atoms. The number of ether oxygens (including phenoxy) is 1. The molecule has 7 nitrogen and oxygen atoms in total. The topological polar surface area (TPSA) is 99.6 Å². The Bertz CT molecular complexity index is 899. The van der Waals surface area contributed by atoms with Crippen molar-refractivity contribution in [1.82, 2.24) is 5.32 Å². The van der Waals surface area contributed by atoms with Gasteiger partial charge in [0, 0.05) is 11.3 Å². The molecule has 0 spiro atoms. The third-order valence-corrected chi connectivity index (χ3v) is 5.24. The summed E-state index contributed by atoms with van der Waals surface area (Å²) in [5.41, 5.74) is 1.91. The van der Waals surface area contributed by atoms with E-state index in [0.29, 0.717) is 17.7 Å². The SMILES string of the molecule is COC(=O)CN(C(=O)c1ccc(CC2SC(=N)NC2=O)cc1)c1ccccc1. The van der Waals surface area contributed by atoms with Crippen LogP contribution >= 0.6 is 11.8 Å². The molecule has 0 aromatic heterocycles. The molecule has 1 heterocycles. The molecule has 1 saturated heterocycles. The second kappa shape index (κ2) is 8.71. The van der Waals surface area contributed by atoms with Gasteiger partial charge in [-0.2, -0.15) is 0 Å². The molecule has 0 aliphatic carbocycles. The maximum atomic E-state index is 13.0.